The van der Waals surface area contributed by atoms with Crippen molar-refractivity contribution in [1.29, 1.82) is 0 Å². The maximum Gasteiger partial charge on any atom is 0.416 e. The first-order chi connectivity index (χ1) is 13.6. The molecule has 9 heteroatoms. The van der Waals surface area contributed by atoms with Crippen LogP contribution >= 0.6 is 11.6 Å². The summed E-state index contributed by atoms with van der Waals surface area (Å²) in [6.45, 7) is 3.29. The van der Waals surface area contributed by atoms with E-state index in [1.165, 1.54) is 18.5 Å². The van der Waals surface area contributed by atoms with Crippen molar-refractivity contribution in [3.63, 3.8) is 0 Å². The molecule has 0 aliphatic carbocycles. The van der Waals surface area contributed by atoms with Gasteiger partial charge in [0.2, 0.25) is 0 Å². The van der Waals surface area contributed by atoms with Gasteiger partial charge in [0.25, 0.3) is 0 Å². The molecule has 1 aromatic heterocycles. The smallest absolute Gasteiger partial charge is 0.416 e. The monoisotopic (exact) mass is 425 g/mol. The molecule has 0 aliphatic heterocycles. The van der Waals surface area contributed by atoms with Crippen LogP contribution in [-0.4, -0.2) is 20.3 Å². The van der Waals surface area contributed by atoms with Gasteiger partial charge >= 0.3 is 6.18 Å². The second-order valence-electron chi connectivity index (χ2n) is 6.93. The van der Waals surface area contributed by atoms with Gasteiger partial charge < -0.3 is 9.84 Å². The van der Waals surface area contributed by atoms with E-state index in [-0.39, 0.29) is 23.6 Å². The highest BCUT2D eigenvalue weighted by Gasteiger charge is 2.43. The molecule has 1 atom stereocenters. The van der Waals surface area contributed by atoms with Crippen LogP contribution in [0.3, 0.4) is 0 Å². The summed E-state index contributed by atoms with van der Waals surface area (Å²) >= 11 is 5.81. The number of rotatable bonds is 6. The van der Waals surface area contributed by atoms with E-state index in [2.05, 4.69) is 15.2 Å². The molecule has 0 aliphatic rings. The third-order valence-corrected chi connectivity index (χ3v) is 4.91. The molecular formula is C20H19ClF3N3O2. The SMILES string of the molecule is CC(C)C(O)(Cc1nc[nH]n1)c1ccc(Oc2ccc(Cl)cc2)cc1C(F)(F)F. The molecule has 3 aromatic rings. The predicted octanol–water partition coefficient (Wildman–Crippen LogP) is 5.36. The molecule has 3 rings (SSSR count). The average molecular weight is 426 g/mol. The molecule has 0 saturated heterocycles. The number of aliphatic hydroxyl groups is 1. The lowest BCUT2D eigenvalue weighted by molar-refractivity contribution is -0.142. The number of hydrogen-bond acceptors (Lipinski definition) is 4. The van der Waals surface area contributed by atoms with Gasteiger partial charge in [-0.25, -0.2) is 4.98 Å². The standard InChI is InChI=1S/C20H19ClF3N3O2/c1-12(2)19(28,10-18-25-11-26-27-18)16-8-7-15(9-17(16)20(22,23)24)29-14-5-3-13(21)4-6-14/h3-9,11-12,28H,10H2,1-2H3,(H,25,26,27). The van der Waals surface area contributed by atoms with Gasteiger partial charge in [-0.05, 0) is 47.9 Å². The highest BCUT2D eigenvalue weighted by molar-refractivity contribution is 6.30. The van der Waals surface area contributed by atoms with Crippen LogP contribution in [0.25, 0.3) is 0 Å². The van der Waals surface area contributed by atoms with E-state index in [9.17, 15) is 18.3 Å². The van der Waals surface area contributed by atoms with Crippen LogP contribution in [0.5, 0.6) is 11.5 Å². The summed E-state index contributed by atoms with van der Waals surface area (Å²) in [5, 5.41) is 18.1. The topological polar surface area (TPSA) is 71.0 Å². The number of nitrogens with zero attached hydrogens (tertiary/aromatic N) is 2. The van der Waals surface area contributed by atoms with Gasteiger partial charge in [0.05, 0.1) is 11.2 Å². The van der Waals surface area contributed by atoms with Gasteiger partial charge in [0, 0.05) is 11.4 Å². The first-order valence-electron chi connectivity index (χ1n) is 8.82. The Hall–Kier alpha value is -2.58. The first-order valence-corrected chi connectivity index (χ1v) is 9.19. The van der Waals surface area contributed by atoms with E-state index in [4.69, 9.17) is 16.3 Å². The Bertz CT molecular complexity index is 960. The zero-order chi connectivity index (χ0) is 21.2. The second-order valence-corrected chi connectivity index (χ2v) is 7.37. The molecule has 0 amide bonds. The quantitative estimate of drug-likeness (QED) is 0.558. The van der Waals surface area contributed by atoms with Crippen LogP contribution in [-0.2, 0) is 18.2 Å². The van der Waals surface area contributed by atoms with Gasteiger partial charge in [-0.3, -0.25) is 5.10 Å². The van der Waals surface area contributed by atoms with Gasteiger partial charge in [-0.15, -0.1) is 0 Å². The molecule has 1 heterocycles. The molecule has 2 N–H and O–H groups in total. The van der Waals surface area contributed by atoms with E-state index in [0.717, 1.165) is 6.07 Å². The van der Waals surface area contributed by atoms with Crippen LogP contribution in [0.1, 0.15) is 30.8 Å². The van der Waals surface area contributed by atoms with Gasteiger partial charge in [-0.2, -0.15) is 18.3 Å². The lowest BCUT2D eigenvalue weighted by Gasteiger charge is -2.34. The average Bonchev–Trinajstić information content (AvgIpc) is 3.15. The van der Waals surface area contributed by atoms with E-state index >= 15 is 0 Å². The molecule has 0 fully saturated rings. The van der Waals surface area contributed by atoms with Crippen LogP contribution in [0.2, 0.25) is 5.02 Å². The number of ether oxygens (including phenoxy) is 1. The highest BCUT2D eigenvalue weighted by atomic mass is 35.5. The third-order valence-electron chi connectivity index (χ3n) is 4.66. The van der Waals surface area contributed by atoms with Crippen molar-refractivity contribution in [3.8, 4) is 11.5 Å². The van der Waals surface area contributed by atoms with Crippen LogP contribution in [0, 0.1) is 5.92 Å². The number of halogens is 4. The zero-order valence-corrected chi connectivity index (χ0v) is 16.4. The van der Waals surface area contributed by atoms with Gasteiger partial charge in [0.15, 0.2) is 5.82 Å². The van der Waals surface area contributed by atoms with E-state index < -0.39 is 23.3 Å². The van der Waals surface area contributed by atoms with Crippen LogP contribution in [0.15, 0.2) is 48.8 Å². The minimum atomic E-state index is -4.70. The minimum absolute atomic E-state index is 0.00704. The summed E-state index contributed by atoms with van der Waals surface area (Å²) in [7, 11) is 0. The lowest BCUT2D eigenvalue weighted by atomic mass is 9.78. The van der Waals surface area contributed by atoms with Crippen LogP contribution < -0.4 is 4.74 Å². The van der Waals surface area contributed by atoms with Crippen LogP contribution in [0.4, 0.5) is 13.2 Å². The number of aromatic amines is 1. The van der Waals surface area contributed by atoms with Crippen molar-refractivity contribution in [2.45, 2.75) is 32.0 Å². The molecule has 0 spiro atoms. The molecule has 154 valence electrons. The van der Waals surface area contributed by atoms with Crippen molar-refractivity contribution in [3.05, 3.63) is 70.8 Å². The van der Waals surface area contributed by atoms with Crippen molar-refractivity contribution >= 4 is 11.6 Å². The Balaban J connectivity index is 2.04. The first kappa shape index (κ1) is 21.1. The van der Waals surface area contributed by atoms with Gasteiger partial charge in [-0.1, -0.05) is 31.5 Å². The maximum absolute atomic E-state index is 13.9. The number of nitrogens with one attached hydrogen (secondary N) is 1. The summed E-state index contributed by atoms with van der Waals surface area (Å²) in [4.78, 5) is 3.94. The van der Waals surface area contributed by atoms with E-state index in [1.807, 2.05) is 0 Å². The highest BCUT2D eigenvalue weighted by Crippen LogP contribution is 2.43. The number of hydrogen-bond donors (Lipinski definition) is 2. The summed E-state index contributed by atoms with van der Waals surface area (Å²) < 4.78 is 47.1. The lowest BCUT2D eigenvalue weighted by Crippen LogP contribution is -2.37. The fourth-order valence-corrected chi connectivity index (χ4v) is 3.14. The van der Waals surface area contributed by atoms with E-state index in [1.54, 1.807) is 38.1 Å². The number of alkyl halides is 3. The second kappa shape index (κ2) is 8.04. The third kappa shape index (κ3) is 4.71. The predicted molar refractivity (Wildman–Crippen MR) is 102 cm³/mol. The summed E-state index contributed by atoms with van der Waals surface area (Å²) in [6, 6.07) is 9.77. The zero-order valence-electron chi connectivity index (χ0n) is 15.7. The molecule has 0 bridgehead atoms. The molecule has 0 radical (unpaired) electrons. The normalized spacial score (nSPS) is 14.1. The maximum atomic E-state index is 13.9. The molecular weight excluding hydrogens is 407 g/mol. The van der Waals surface area contributed by atoms with Gasteiger partial charge in [0.1, 0.15) is 17.8 Å². The molecule has 0 saturated carbocycles. The Morgan fingerprint density at radius 1 is 1.07 bits per heavy atom. The minimum Gasteiger partial charge on any atom is -0.457 e. The van der Waals surface area contributed by atoms with Crippen molar-refractivity contribution in [1.82, 2.24) is 15.2 Å². The number of aromatic nitrogens is 3. The van der Waals surface area contributed by atoms with Crippen molar-refractivity contribution < 1.29 is 23.0 Å². The Morgan fingerprint density at radius 2 is 1.72 bits per heavy atom. The molecule has 29 heavy (non-hydrogen) atoms. The summed E-state index contributed by atoms with van der Waals surface area (Å²) in [5.74, 6) is 0.0171. The Labute approximate surface area is 170 Å². The summed E-state index contributed by atoms with van der Waals surface area (Å²) in [6.07, 6.45) is -3.56. The van der Waals surface area contributed by atoms with E-state index in [0.29, 0.717) is 10.8 Å². The largest absolute Gasteiger partial charge is 0.457 e. The van der Waals surface area contributed by atoms with Crippen molar-refractivity contribution in [2.75, 3.05) is 0 Å². The number of benzene rings is 2. The van der Waals surface area contributed by atoms with Crippen molar-refractivity contribution in [2.24, 2.45) is 5.92 Å². The summed E-state index contributed by atoms with van der Waals surface area (Å²) in [5.41, 5.74) is -3.06. The fraction of sp³-hybridized carbons (Fsp3) is 0.300. The fourth-order valence-electron chi connectivity index (χ4n) is 3.01. The number of H-pyrrole nitrogens is 1. The Morgan fingerprint density at radius 3 is 2.28 bits per heavy atom. The molecule has 1 unspecified atom stereocenters. The molecule has 5 nitrogen and oxygen atoms in total. The molecule has 2 aromatic carbocycles. The Kier molecular flexibility index (Phi) is 5.86.